The number of amides is 1. The van der Waals surface area contributed by atoms with E-state index < -0.39 is 0 Å². The van der Waals surface area contributed by atoms with Gasteiger partial charge in [-0.1, -0.05) is 0 Å². The molecule has 13 heavy (non-hydrogen) atoms. The quantitative estimate of drug-likeness (QED) is 0.635. The minimum atomic E-state index is -0.262. The molecule has 0 bridgehead atoms. The number of hydrogen-bond acceptors (Lipinski definition) is 2. The second-order valence-corrected chi connectivity index (χ2v) is 3.00. The summed E-state index contributed by atoms with van der Waals surface area (Å²) in [4.78, 5) is 11.0. The second-order valence-electron chi connectivity index (χ2n) is 3.00. The zero-order valence-corrected chi connectivity index (χ0v) is 7.15. The normalized spacial score (nSPS) is 14.5. The molecule has 1 aliphatic rings. The van der Waals surface area contributed by atoms with Crippen LogP contribution >= 0.6 is 0 Å². The third-order valence-corrected chi connectivity index (χ3v) is 2.10. The molecule has 0 aromatic heterocycles. The topological polar surface area (TPSA) is 41.1 Å². The van der Waals surface area contributed by atoms with E-state index in [1.165, 1.54) is 6.07 Å². The summed E-state index contributed by atoms with van der Waals surface area (Å²) in [5, 5.41) is 5.53. The van der Waals surface area contributed by atoms with E-state index in [1.807, 2.05) is 0 Å². The lowest BCUT2D eigenvalue weighted by Gasteiger charge is -2.20. The zero-order valence-electron chi connectivity index (χ0n) is 7.15. The van der Waals surface area contributed by atoms with E-state index in [0.29, 0.717) is 16.9 Å². The maximum Gasteiger partial charge on any atom is 0.243 e. The Bertz CT molecular complexity index is 376. The van der Waals surface area contributed by atoms with E-state index >= 15 is 0 Å². The highest BCUT2D eigenvalue weighted by molar-refractivity contribution is 6.01. The Hall–Kier alpha value is -1.58. The number of nitrogens with one attached hydrogen (secondary N) is 2. The summed E-state index contributed by atoms with van der Waals surface area (Å²) in [7, 11) is 0. The number of rotatable bonds is 0. The Balaban J connectivity index is 2.53. The molecule has 1 amide bonds. The molecule has 4 heteroatoms. The number of benzene rings is 1. The van der Waals surface area contributed by atoms with Crippen molar-refractivity contribution in [1.82, 2.24) is 0 Å². The van der Waals surface area contributed by atoms with Gasteiger partial charge in [-0.25, -0.2) is 4.39 Å². The fraction of sp³-hybridized carbons (Fsp3) is 0.222. The van der Waals surface area contributed by atoms with Gasteiger partial charge >= 0.3 is 0 Å². The maximum atomic E-state index is 13.1. The third-order valence-electron chi connectivity index (χ3n) is 2.10. The lowest BCUT2D eigenvalue weighted by Crippen LogP contribution is -2.28. The van der Waals surface area contributed by atoms with Crippen molar-refractivity contribution in [3.05, 3.63) is 23.5 Å². The van der Waals surface area contributed by atoms with Gasteiger partial charge in [-0.15, -0.1) is 0 Å². The first-order valence-corrected chi connectivity index (χ1v) is 4.01. The average molecular weight is 180 g/mol. The Morgan fingerprint density at radius 3 is 3.00 bits per heavy atom. The first kappa shape index (κ1) is 8.04. The molecule has 1 aromatic rings. The summed E-state index contributed by atoms with van der Waals surface area (Å²) in [6.07, 6.45) is 0. The molecule has 1 aromatic carbocycles. The Morgan fingerprint density at radius 1 is 1.46 bits per heavy atom. The largest absolute Gasteiger partial charge is 0.374 e. The smallest absolute Gasteiger partial charge is 0.243 e. The molecule has 2 N–H and O–H groups in total. The van der Waals surface area contributed by atoms with Crippen LogP contribution in [0, 0.1) is 12.7 Å². The molecule has 0 unspecified atom stereocenters. The number of carbonyl (C=O) groups excluding carboxylic acids is 1. The van der Waals surface area contributed by atoms with Crippen molar-refractivity contribution in [2.75, 3.05) is 17.2 Å². The van der Waals surface area contributed by atoms with Crippen LogP contribution < -0.4 is 10.6 Å². The minimum Gasteiger partial charge on any atom is -0.374 e. The van der Waals surface area contributed by atoms with Crippen molar-refractivity contribution in [3.8, 4) is 0 Å². The molecule has 0 fully saturated rings. The standard InChI is InChI=1S/C9H9FN2O/c1-5-6(10)2-3-7-9(5)11-4-8(13)12-7/h2-3,11H,4H2,1H3,(H,12,13). The van der Waals surface area contributed by atoms with Crippen LogP contribution in [0.3, 0.4) is 0 Å². The van der Waals surface area contributed by atoms with E-state index in [4.69, 9.17) is 0 Å². The van der Waals surface area contributed by atoms with Crippen LogP contribution in [-0.4, -0.2) is 12.5 Å². The summed E-state index contributed by atoms with van der Waals surface area (Å²) >= 11 is 0. The number of hydrogen-bond donors (Lipinski definition) is 2. The molecular weight excluding hydrogens is 171 g/mol. The summed E-state index contributed by atoms with van der Waals surface area (Å²) in [5.41, 5.74) is 1.87. The summed E-state index contributed by atoms with van der Waals surface area (Å²) in [5.74, 6) is -0.360. The summed E-state index contributed by atoms with van der Waals surface area (Å²) in [6, 6.07) is 2.91. The van der Waals surface area contributed by atoms with Crippen molar-refractivity contribution < 1.29 is 9.18 Å². The van der Waals surface area contributed by atoms with Crippen molar-refractivity contribution in [3.63, 3.8) is 0 Å². The van der Waals surface area contributed by atoms with Crippen molar-refractivity contribution in [2.24, 2.45) is 0 Å². The van der Waals surface area contributed by atoms with Gasteiger partial charge in [-0.2, -0.15) is 0 Å². The number of halogens is 1. The van der Waals surface area contributed by atoms with Gasteiger partial charge in [0.2, 0.25) is 5.91 Å². The second kappa shape index (κ2) is 2.73. The molecule has 0 saturated carbocycles. The molecule has 0 saturated heterocycles. The molecule has 0 spiro atoms. The molecule has 0 atom stereocenters. The number of carbonyl (C=O) groups is 1. The van der Waals surface area contributed by atoms with E-state index in [-0.39, 0.29) is 18.3 Å². The Morgan fingerprint density at radius 2 is 2.23 bits per heavy atom. The fourth-order valence-electron chi connectivity index (χ4n) is 1.38. The fourth-order valence-corrected chi connectivity index (χ4v) is 1.38. The highest BCUT2D eigenvalue weighted by Crippen LogP contribution is 2.29. The molecular formula is C9H9FN2O. The van der Waals surface area contributed by atoms with Gasteiger partial charge in [0.15, 0.2) is 0 Å². The van der Waals surface area contributed by atoms with Gasteiger partial charge in [-0.05, 0) is 19.1 Å². The predicted molar refractivity (Wildman–Crippen MR) is 48.3 cm³/mol. The molecule has 1 aliphatic heterocycles. The van der Waals surface area contributed by atoms with Gasteiger partial charge in [-0.3, -0.25) is 4.79 Å². The first-order chi connectivity index (χ1) is 6.18. The SMILES string of the molecule is Cc1c(F)ccc2c1NCC(=O)N2. The summed E-state index contributed by atoms with van der Waals surface area (Å²) < 4.78 is 13.1. The average Bonchev–Trinajstić information content (AvgIpc) is 2.12. The van der Waals surface area contributed by atoms with Crippen LogP contribution in [0.4, 0.5) is 15.8 Å². The van der Waals surface area contributed by atoms with Crippen LogP contribution in [0.2, 0.25) is 0 Å². The van der Waals surface area contributed by atoms with Gasteiger partial charge in [0.25, 0.3) is 0 Å². The van der Waals surface area contributed by atoms with E-state index in [1.54, 1.807) is 13.0 Å². The molecule has 0 aliphatic carbocycles. The molecule has 0 radical (unpaired) electrons. The van der Waals surface area contributed by atoms with Gasteiger partial charge in [0, 0.05) is 5.56 Å². The predicted octanol–water partition coefficient (Wildman–Crippen LogP) is 1.50. The van der Waals surface area contributed by atoms with Crippen LogP contribution in [-0.2, 0) is 4.79 Å². The lowest BCUT2D eigenvalue weighted by atomic mass is 10.1. The highest BCUT2D eigenvalue weighted by atomic mass is 19.1. The highest BCUT2D eigenvalue weighted by Gasteiger charge is 2.16. The third kappa shape index (κ3) is 1.24. The number of anilines is 2. The molecule has 3 nitrogen and oxygen atoms in total. The zero-order chi connectivity index (χ0) is 9.42. The van der Waals surface area contributed by atoms with E-state index in [2.05, 4.69) is 10.6 Å². The number of fused-ring (bicyclic) bond motifs is 1. The van der Waals surface area contributed by atoms with Crippen LogP contribution in [0.25, 0.3) is 0 Å². The Labute approximate surface area is 74.9 Å². The van der Waals surface area contributed by atoms with Gasteiger partial charge in [0.05, 0.1) is 17.9 Å². The van der Waals surface area contributed by atoms with Gasteiger partial charge in [0.1, 0.15) is 5.82 Å². The Kier molecular flexibility index (Phi) is 1.69. The lowest BCUT2D eigenvalue weighted by molar-refractivity contribution is -0.114. The molecule has 2 rings (SSSR count). The maximum absolute atomic E-state index is 13.1. The van der Waals surface area contributed by atoms with E-state index in [0.717, 1.165) is 0 Å². The van der Waals surface area contributed by atoms with Crippen LogP contribution in [0.15, 0.2) is 12.1 Å². The van der Waals surface area contributed by atoms with Crippen molar-refractivity contribution in [2.45, 2.75) is 6.92 Å². The summed E-state index contributed by atoms with van der Waals surface area (Å²) in [6.45, 7) is 1.88. The monoisotopic (exact) mass is 180 g/mol. The molecule has 68 valence electrons. The van der Waals surface area contributed by atoms with Crippen LogP contribution in [0.5, 0.6) is 0 Å². The van der Waals surface area contributed by atoms with Crippen LogP contribution in [0.1, 0.15) is 5.56 Å². The van der Waals surface area contributed by atoms with E-state index in [9.17, 15) is 9.18 Å². The first-order valence-electron chi connectivity index (χ1n) is 4.01. The van der Waals surface area contributed by atoms with Crippen molar-refractivity contribution in [1.29, 1.82) is 0 Å². The minimum absolute atomic E-state index is 0.0986. The van der Waals surface area contributed by atoms with Crippen molar-refractivity contribution >= 4 is 17.3 Å². The molecule has 1 heterocycles. The van der Waals surface area contributed by atoms with Gasteiger partial charge < -0.3 is 10.6 Å².